The van der Waals surface area contributed by atoms with Gasteiger partial charge in [-0.2, -0.15) is 0 Å². The van der Waals surface area contributed by atoms with Crippen LogP contribution in [0.25, 0.3) is 0 Å². The minimum absolute atomic E-state index is 0.0472. The van der Waals surface area contributed by atoms with E-state index >= 15 is 0 Å². The monoisotopic (exact) mass is 375 g/mol. The van der Waals surface area contributed by atoms with Crippen LogP contribution in [-0.4, -0.2) is 60.6 Å². The van der Waals surface area contributed by atoms with Crippen molar-refractivity contribution in [3.8, 4) is 5.75 Å². The summed E-state index contributed by atoms with van der Waals surface area (Å²) in [6, 6.07) is 6.79. The zero-order valence-electron chi connectivity index (χ0n) is 16.5. The zero-order chi connectivity index (χ0) is 19.5. The van der Waals surface area contributed by atoms with E-state index in [0.717, 1.165) is 32.5 Å². The molecule has 0 unspecified atom stereocenters. The van der Waals surface area contributed by atoms with E-state index in [1.54, 1.807) is 12.1 Å². The molecule has 0 atom stereocenters. The first-order valence-electron chi connectivity index (χ1n) is 9.96. The van der Waals surface area contributed by atoms with Crippen LogP contribution in [0.15, 0.2) is 29.3 Å². The molecular weight excluding hydrogens is 342 g/mol. The number of benzene rings is 1. The molecule has 0 aromatic heterocycles. The maximum Gasteiger partial charge on any atom is 0.246 e. The summed E-state index contributed by atoms with van der Waals surface area (Å²) in [5.74, 6) is 0.669. The highest BCUT2D eigenvalue weighted by atomic mass is 16.3. The highest BCUT2D eigenvalue weighted by Gasteiger charge is 2.19. The van der Waals surface area contributed by atoms with E-state index < -0.39 is 0 Å². The fraction of sp³-hybridized carbons (Fsp3) is 0.600. The second-order valence-electron chi connectivity index (χ2n) is 6.90. The first-order valence-corrected chi connectivity index (χ1v) is 9.96. The molecule has 1 fully saturated rings. The number of rotatable bonds is 8. The van der Waals surface area contributed by atoms with Gasteiger partial charge in [0.15, 0.2) is 5.96 Å². The fourth-order valence-corrected chi connectivity index (χ4v) is 3.09. The fourth-order valence-electron chi connectivity index (χ4n) is 3.09. The normalized spacial score (nSPS) is 16.1. The number of anilines is 1. The van der Waals surface area contributed by atoms with Crippen LogP contribution in [0.2, 0.25) is 0 Å². The highest BCUT2D eigenvalue weighted by Crippen LogP contribution is 2.13. The van der Waals surface area contributed by atoms with Gasteiger partial charge in [0.2, 0.25) is 5.91 Å². The van der Waals surface area contributed by atoms with E-state index in [1.165, 1.54) is 31.5 Å². The van der Waals surface area contributed by atoms with E-state index in [0.29, 0.717) is 17.7 Å². The van der Waals surface area contributed by atoms with E-state index in [4.69, 9.17) is 0 Å². The van der Waals surface area contributed by atoms with Gasteiger partial charge >= 0.3 is 0 Å². The Morgan fingerprint density at radius 2 is 1.93 bits per heavy atom. The SMILES string of the molecule is CCCCN1CCC(NC(=NCC(=O)Nc2ccc(O)cc2)NCC)CC1. The quantitative estimate of drug-likeness (QED) is 0.318. The number of hydrogen-bond acceptors (Lipinski definition) is 4. The summed E-state index contributed by atoms with van der Waals surface area (Å²) in [4.78, 5) is 19.0. The number of aliphatic imine (C=N–C) groups is 1. The number of likely N-dealkylation sites (tertiary alicyclic amines) is 1. The number of aromatic hydroxyl groups is 1. The maximum absolute atomic E-state index is 12.1. The lowest BCUT2D eigenvalue weighted by Crippen LogP contribution is -2.49. The molecule has 1 aliphatic heterocycles. The summed E-state index contributed by atoms with van der Waals surface area (Å²) in [7, 11) is 0. The molecule has 150 valence electrons. The number of nitrogens with one attached hydrogen (secondary N) is 3. The Kier molecular flexibility index (Phi) is 8.91. The average molecular weight is 376 g/mol. The molecule has 7 nitrogen and oxygen atoms in total. The summed E-state index contributed by atoms with van der Waals surface area (Å²) in [5, 5.41) is 18.7. The van der Waals surface area contributed by atoms with Crippen molar-refractivity contribution in [1.29, 1.82) is 0 Å². The van der Waals surface area contributed by atoms with E-state index in [-0.39, 0.29) is 18.2 Å². The Morgan fingerprint density at radius 3 is 2.56 bits per heavy atom. The lowest BCUT2D eigenvalue weighted by atomic mass is 10.0. The molecule has 2 rings (SSSR count). The molecule has 0 spiro atoms. The van der Waals surface area contributed by atoms with Gasteiger partial charge in [0.1, 0.15) is 12.3 Å². The summed E-state index contributed by atoms with van der Waals surface area (Å²) in [6.07, 6.45) is 4.68. The molecule has 1 aromatic carbocycles. The van der Waals surface area contributed by atoms with E-state index in [1.807, 2.05) is 6.92 Å². The molecule has 1 aromatic rings. The van der Waals surface area contributed by atoms with Gasteiger partial charge in [-0.05, 0) is 57.0 Å². The number of phenols is 1. The number of carbonyl (C=O) groups is 1. The predicted molar refractivity (Wildman–Crippen MR) is 110 cm³/mol. The number of guanidine groups is 1. The summed E-state index contributed by atoms with van der Waals surface area (Å²) >= 11 is 0. The molecule has 0 bridgehead atoms. The number of carbonyl (C=O) groups excluding carboxylic acids is 1. The van der Waals surface area contributed by atoms with E-state index in [9.17, 15) is 9.90 Å². The number of piperidine rings is 1. The molecule has 1 heterocycles. The third-order valence-corrected chi connectivity index (χ3v) is 4.63. The third-order valence-electron chi connectivity index (χ3n) is 4.63. The number of unbranched alkanes of at least 4 members (excludes halogenated alkanes) is 1. The summed E-state index contributed by atoms with van der Waals surface area (Å²) < 4.78 is 0. The lowest BCUT2D eigenvalue weighted by molar-refractivity contribution is -0.114. The Labute approximate surface area is 162 Å². The largest absolute Gasteiger partial charge is 0.508 e. The molecule has 0 aliphatic carbocycles. The second-order valence-corrected chi connectivity index (χ2v) is 6.90. The molecule has 1 amide bonds. The Hall–Kier alpha value is -2.28. The second kappa shape index (κ2) is 11.4. The van der Waals surface area contributed by atoms with Gasteiger partial charge in [0.25, 0.3) is 0 Å². The zero-order valence-corrected chi connectivity index (χ0v) is 16.5. The number of nitrogens with zero attached hydrogens (tertiary/aromatic N) is 2. The molecule has 7 heteroatoms. The number of hydrogen-bond donors (Lipinski definition) is 4. The molecule has 1 saturated heterocycles. The van der Waals surface area contributed by atoms with Crippen LogP contribution in [0.4, 0.5) is 5.69 Å². The first-order chi connectivity index (χ1) is 13.1. The Morgan fingerprint density at radius 1 is 1.22 bits per heavy atom. The van der Waals surface area contributed by atoms with Crippen molar-refractivity contribution < 1.29 is 9.90 Å². The molecular formula is C20H33N5O2. The van der Waals surface area contributed by atoms with Crippen LogP contribution in [-0.2, 0) is 4.79 Å². The molecule has 27 heavy (non-hydrogen) atoms. The Balaban J connectivity index is 1.79. The first kappa shape index (κ1) is 21.0. The van der Waals surface area contributed by atoms with Crippen molar-refractivity contribution in [2.24, 2.45) is 4.99 Å². The van der Waals surface area contributed by atoms with Gasteiger partial charge in [-0.25, -0.2) is 4.99 Å². The van der Waals surface area contributed by atoms with Gasteiger partial charge in [-0.1, -0.05) is 13.3 Å². The van der Waals surface area contributed by atoms with Crippen molar-refractivity contribution in [3.63, 3.8) is 0 Å². The molecule has 4 N–H and O–H groups in total. The molecule has 0 radical (unpaired) electrons. The van der Waals surface area contributed by atoms with Gasteiger partial charge < -0.3 is 26.0 Å². The van der Waals surface area contributed by atoms with Gasteiger partial charge in [-0.15, -0.1) is 0 Å². The minimum atomic E-state index is -0.188. The highest BCUT2D eigenvalue weighted by molar-refractivity contribution is 5.94. The van der Waals surface area contributed by atoms with Gasteiger partial charge in [0.05, 0.1) is 0 Å². The smallest absolute Gasteiger partial charge is 0.246 e. The van der Waals surface area contributed by atoms with Crippen molar-refractivity contribution in [2.45, 2.75) is 45.6 Å². The van der Waals surface area contributed by atoms with Gasteiger partial charge in [-0.3, -0.25) is 4.79 Å². The van der Waals surface area contributed by atoms with Crippen LogP contribution < -0.4 is 16.0 Å². The van der Waals surface area contributed by atoms with Crippen LogP contribution in [0.3, 0.4) is 0 Å². The minimum Gasteiger partial charge on any atom is -0.508 e. The van der Waals surface area contributed by atoms with Crippen LogP contribution in [0.1, 0.15) is 39.5 Å². The van der Waals surface area contributed by atoms with Crippen molar-refractivity contribution >= 4 is 17.6 Å². The van der Waals surface area contributed by atoms with Gasteiger partial charge in [0, 0.05) is 31.4 Å². The number of phenolic OH excluding ortho intramolecular Hbond substituents is 1. The number of amides is 1. The summed E-state index contributed by atoms with van der Waals surface area (Å²) in [5.41, 5.74) is 0.644. The topological polar surface area (TPSA) is 89.0 Å². The van der Waals surface area contributed by atoms with Crippen molar-refractivity contribution in [3.05, 3.63) is 24.3 Å². The van der Waals surface area contributed by atoms with Crippen molar-refractivity contribution in [2.75, 3.05) is 38.0 Å². The molecule has 1 aliphatic rings. The molecule has 0 saturated carbocycles. The van der Waals surface area contributed by atoms with Crippen molar-refractivity contribution in [1.82, 2.24) is 15.5 Å². The van der Waals surface area contributed by atoms with Crippen LogP contribution >= 0.6 is 0 Å². The van der Waals surface area contributed by atoms with E-state index in [2.05, 4.69) is 32.8 Å². The lowest BCUT2D eigenvalue weighted by Gasteiger charge is -2.33. The standard InChI is InChI=1S/C20H33N5O2/c1-3-5-12-25-13-10-17(11-14-25)24-20(21-4-2)22-15-19(27)23-16-6-8-18(26)9-7-16/h6-9,17,26H,3-5,10-15H2,1-2H3,(H,23,27)(H2,21,22,24). The summed E-state index contributed by atoms with van der Waals surface area (Å²) in [6.45, 7) is 8.45. The maximum atomic E-state index is 12.1. The van der Waals surface area contributed by atoms with Crippen LogP contribution in [0, 0.1) is 0 Å². The Bertz CT molecular complexity index is 595. The third kappa shape index (κ3) is 7.86. The van der Waals surface area contributed by atoms with Crippen LogP contribution in [0.5, 0.6) is 5.75 Å². The average Bonchev–Trinajstić information content (AvgIpc) is 2.67. The predicted octanol–water partition coefficient (Wildman–Crippen LogP) is 2.15.